The third-order valence-electron chi connectivity index (χ3n) is 8.98. The van der Waals surface area contributed by atoms with E-state index in [2.05, 4.69) is 0 Å². The van der Waals surface area contributed by atoms with Gasteiger partial charge in [0.1, 0.15) is 24.4 Å². The Hall–Kier alpha value is -3.18. The van der Waals surface area contributed by atoms with Gasteiger partial charge in [-0.3, -0.25) is 9.32 Å². The minimum Gasteiger partial charge on any atom is -0.502 e. The van der Waals surface area contributed by atoms with Crippen molar-refractivity contribution in [2.45, 2.75) is 55.9 Å². The summed E-state index contributed by atoms with van der Waals surface area (Å²) in [7, 11) is -2.38. The van der Waals surface area contributed by atoms with Crippen LogP contribution >= 0.6 is 7.82 Å². The van der Waals surface area contributed by atoms with Crippen molar-refractivity contribution in [3.8, 4) is 28.7 Å². The van der Waals surface area contributed by atoms with Crippen molar-refractivity contribution in [1.82, 2.24) is 0 Å². The number of aromatic hydroxyl groups is 1. The molecule has 17 heteroatoms. The molecule has 7 rings (SSSR count). The molecule has 4 N–H and O–H groups in total. The van der Waals surface area contributed by atoms with Gasteiger partial charge in [0, 0.05) is 11.8 Å². The summed E-state index contributed by atoms with van der Waals surface area (Å²) in [5.74, 6) is -1.83. The van der Waals surface area contributed by atoms with Crippen molar-refractivity contribution in [3.05, 3.63) is 41.0 Å². The third kappa shape index (κ3) is 5.37. The molecule has 3 saturated heterocycles. The maximum atomic E-state index is 13.5. The highest BCUT2D eigenvalue weighted by molar-refractivity contribution is 7.46. The van der Waals surface area contributed by atoms with E-state index in [-0.39, 0.29) is 37.3 Å². The number of methoxy groups -OCH3 is 2. The van der Waals surface area contributed by atoms with Crippen molar-refractivity contribution in [2.24, 2.45) is 11.8 Å². The Bertz CT molecular complexity index is 1530. The Morgan fingerprint density at radius 2 is 1.61 bits per heavy atom. The number of rotatable bonds is 7. The van der Waals surface area contributed by atoms with Crippen LogP contribution in [0.25, 0.3) is 0 Å². The third-order valence-corrected chi connectivity index (χ3v) is 9.50. The lowest BCUT2D eigenvalue weighted by Crippen LogP contribution is -2.63. The van der Waals surface area contributed by atoms with Crippen LogP contribution in [0.3, 0.4) is 0 Å². The van der Waals surface area contributed by atoms with E-state index < -0.39 is 74.6 Å². The van der Waals surface area contributed by atoms with E-state index in [9.17, 15) is 29.4 Å². The minimum atomic E-state index is -5.17. The fraction of sp³-hybridized carbons (Fsp3) is 0.552. The summed E-state index contributed by atoms with van der Waals surface area (Å²) < 4.78 is 68.6. The SMILES string of the molecule is COc1cc([C@@H]2c3cc4c(cc3[C@@H](O[C@@H]3O[C@@H]5CO[C@@H](C)O[C@H]5[C@H](O)[C@H]3OP(=O)(O)O)[C@H]3COC(=O)[C@H]23)OCO4)cc(OC)c1O. The molecule has 0 unspecified atom stereocenters. The van der Waals surface area contributed by atoms with Gasteiger partial charge in [-0.05, 0) is 47.9 Å². The number of ether oxygens (including phenoxy) is 9. The number of phenols is 1. The maximum absolute atomic E-state index is 13.5. The van der Waals surface area contributed by atoms with Gasteiger partial charge in [0.15, 0.2) is 35.6 Å². The van der Waals surface area contributed by atoms with Gasteiger partial charge in [0.05, 0.1) is 39.5 Å². The molecule has 0 amide bonds. The molecule has 3 fully saturated rings. The first-order valence-electron chi connectivity index (χ1n) is 14.5. The Kier molecular flexibility index (Phi) is 8.07. The van der Waals surface area contributed by atoms with Crippen LogP contribution in [0.4, 0.5) is 0 Å². The van der Waals surface area contributed by atoms with Gasteiger partial charge < -0.3 is 62.6 Å². The number of phosphoric acid groups is 1. The second-order valence-electron chi connectivity index (χ2n) is 11.6. The second kappa shape index (κ2) is 11.8. The van der Waals surface area contributed by atoms with Crippen molar-refractivity contribution in [3.63, 3.8) is 0 Å². The average Bonchev–Trinajstić information content (AvgIpc) is 3.64. The molecule has 46 heavy (non-hydrogen) atoms. The first-order chi connectivity index (χ1) is 22.0. The molecule has 4 aliphatic heterocycles. The van der Waals surface area contributed by atoms with Crippen molar-refractivity contribution in [2.75, 3.05) is 34.2 Å². The molecule has 0 bridgehead atoms. The van der Waals surface area contributed by atoms with Crippen LogP contribution in [-0.4, -0.2) is 97.2 Å². The van der Waals surface area contributed by atoms with Crippen molar-refractivity contribution in [1.29, 1.82) is 0 Å². The van der Waals surface area contributed by atoms with Crippen LogP contribution in [0.15, 0.2) is 24.3 Å². The van der Waals surface area contributed by atoms with E-state index >= 15 is 0 Å². The van der Waals surface area contributed by atoms with Crippen LogP contribution in [0, 0.1) is 11.8 Å². The Labute approximate surface area is 262 Å². The zero-order valence-corrected chi connectivity index (χ0v) is 25.7. The first kappa shape index (κ1) is 31.4. The molecular formula is C29H33O16P. The van der Waals surface area contributed by atoms with E-state index in [4.69, 9.17) is 47.2 Å². The number of hydrogen-bond acceptors (Lipinski definition) is 14. The number of esters is 1. The fourth-order valence-electron chi connectivity index (χ4n) is 6.99. The van der Waals surface area contributed by atoms with E-state index in [0.29, 0.717) is 28.2 Å². The lowest BCUT2D eigenvalue weighted by molar-refractivity contribution is -0.362. The molecule has 2 aromatic carbocycles. The minimum absolute atomic E-state index is 0.00552. The molecule has 0 radical (unpaired) electrons. The van der Waals surface area contributed by atoms with Crippen molar-refractivity contribution >= 4 is 13.8 Å². The topological polar surface area (TPSA) is 207 Å². The van der Waals surface area contributed by atoms with Crippen molar-refractivity contribution < 1.29 is 76.5 Å². The molecule has 5 aliphatic rings. The first-order valence-corrected chi connectivity index (χ1v) is 16.1. The summed E-state index contributed by atoms with van der Waals surface area (Å²) in [4.78, 5) is 33.0. The number of benzene rings is 2. The highest BCUT2D eigenvalue weighted by Gasteiger charge is 2.57. The number of carbonyl (C=O) groups is 1. The summed E-state index contributed by atoms with van der Waals surface area (Å²) in [5, 5.41) is 21.8. The number of carbonyl (C=O) groups excluding carboxylic acids is 1. The number of aliphatic hydroxyl groups excluding tert-OH is 1. The number of aliphatic hydroxyl groups is 1. The van der Waals surface area contributed by atoms with E-state index in [1.165, 1.54) is 14.2 Å². The summed E-state index contributed by atoms with van der Waals surface area (Å²) in [6, 6.07) is 6.65. The number of phosphoric ester groups is 1. The van der Waals surface area contributed by atoms with Crippen LogP contribution < -0.4 is 18.9 Å². The van der Waals surface area contributed by atoms with Crippen LogP contribution in [0.2, 0.25) is 0 Å². The lowest BCUT2D eigenvalue weighted by atomic mass is 9.66. The smallest absolute Gasteiger partial charge is 0.470 e. The molecular weight excluding hydrogens is 635 g/mol. The van der Waals surface area contributed by atoms with Gasteiger partial charge >= 0.3 is 13.8 Å². The van der Waals surface area contributed by atoms with E-state index in [1.54, 1.807) is 31.2 Å². The normalized spacial score (nSPS) is 34.7. The predicted molar refractivity (Wildman–Crippen MR) is 149 cm³/mol. The zero-order chi connectivity index (χ0) is 32.5. The molecule has 0 spiro atoms. The van der Waals surface area contributed by atoms with E-state index in [1.807, 2.05) is 0 Å². The number of phenolic OH excluding ortho intramolecular Hbond substituents is 1. The molecule has 10 atom stereocenters. The van der Waals surface area contributed by atoms with E-state index in [0.717, 1.165) is 0 Å². The average molecular weight is 669 g/mol. The highest BCUT2D eigenvalue weighted by Crippen LogP contribution is 2.57. The highest BCUT2D eigenvalue weighted by atomic mass is 31.2. The standard InChI is InChI=1S/C29H33O16P/c1-11-38-9-20-26(42-11)24(31)27(45-46(33,34)35)29(43-20)44-25-14-7-17-16(40-10-41-17)6-13(14)21(22-15(25)8-39-28(22)32)12-4-18(36-2)23(30)19(5-12)37-3/h4-7,11,15,20-22,24-27,29-31H,8-10H2,1-3H3,(H2,33,34,35)/t11-,15+,20-,21-,22+,24+,25-,26-,27-,29+/m1/s1. The molecule has 0 aromatic heterocycles. The second-order valence-corrected chi connectivity index (χ2v) is 12.8. The number of fused-ring (bicyclic) bond motifs is 4. The Morgan fingerprint density at radius 3 is 2.26 bits per heavy atom. The largest absolute Gasteiger partial charge is 0.502 e. The molecule has 4 heterocycles. The monoisotopic (exact) mass is 668 g/mol. The molecule has 250 valence electrons. The van der Waals surface area contributed by atoms with Gasteiger partial charge in [-0.1, -0.05) is 0 Å². The van der Waals surface area contributed by atoms with Gasteiger partial charge in [-0.25, -0.2) is 4.57 Å². The number of cyclic esters (lactones) is 1. The summed E-state index contributed by atoms with van der Waals surface area (Å²) in [5.41, 5.74) is 1.70. The number of hydrogen-bond donors (Lipinski definition) is 4. The zero-order valence-electron chi connectivity index (χ0n) is 24.8. The summed E-state index contributed by atoms with van der Waals surface area (Å²) in [6.45, 7) is 1.51. The van der Waals surface area contributed by atoms with Gasteiger partial charge in [0.2, 0.25) is 12.5 Å². The van der Waals surface area contributed by atoms with Gasteiger partial charge in [-0.15, -0.1) is 0 Å². The van der Waals surface area contributed by atoms with Gasteiger partial charge in [0.25, 0.3) is 0 Å². The summed E-state index contributed by atoms with van der Waals surface area (Å²) >= 11 is 0. The lowest BCUT2D eigenvalue weighted by Gasteiger charge is -2.48. The maximum Gasteiger partial charge on any atom is 0.470 e. The Balaban J connectivity index is 1.34. The Morgan fingerprint density at radius 1 is 0.935 bits per heavy atom. The molecule has 2 aromatic rings. The molecule has 0 saturated carbocycles. The summed E-state index contributed by atoms with van der Waals surface area (Å²) in [6.07, 6.45) is -8.41. The quantitative estimate of drug-likeness (QED) is 0.243. The molecule has 1 aliphatic carbocycles. The molecule has 16 nitrogen and oxygen atoms in total. The van der Waals surface area contributed by atoms with Crippen LogP contribution in [0.5, 0.6) is 28.7 Å². The van der Waals surface area contributed by atoms with Crippen LogP contribution in [-0.2, 0) is 37.6 Å². The predicted octanol–water partition coefficient (Wildman–Crippen LogP) is 1.46. The fourth-order valence-corrected chi connectivity index (χ4v) is 7.53. The van der Waals surface area contributed by atoms with Crippen LogP contribution in [0.1, 0.15) is 35.6 Å². The van der Waals surface area contributed by atoms with Gasteiger partial charge in [-0.2, -0.15) is 0 Å².